The highest BCUT2D eigenvalue weighted by atomic mass is 16.3. The maximum absolute atomic E-state index is 6.72. The Labute approximate surface area is 322 Å². The number of hydrogen-bond donors (Lipinski definition) is 0. The molecule has 0 radical (unpaired) electrons. The van der Waals surface area contributed by atoms with Crippen LogP contribution in [-0.2, 0) is 0 Å². The van der Waals surface area contributed by atoms with E-state index in [1.807, 2.05) is 72.9 Å². The van der Waals surface area contributed by atoms with Gasteiger partial charge in [0.1, 0.15) is 22.3 Å². The van der Waals surface area contributed by atoms with Crippen LogP contribution in [0.5, 0.6) is 0 Å². The van der Waals surface area contributed by atoms with Crippen LogP contribution >= 0.6 is 0 Å². The minimum absolute atomic E-state index is 0.679. The van der Waals surface area contributed by atoms with Gasteiger partial charge in [-0.1, -0.05) is 140 Å². The van der Waals surface area contributed by atoms with Crippen molar-refractivity contribution >= 4 is 43.9 Å². The van der Waals surface area contributed by atoms with Gasteiger partial charge in [-0.3, -0.25) is 4.98 Å². The molecule has 0 unspecified atom stereocenters. The molecule has 0 saturated carbocycles. The lowest BCUT2D eigenvalue weighted by Crippen LogP contribution is -1.96. The van der Waals surface area contributed by atoms with Crippen LogP contribution < -0.4 is 0 Å². The van der Waals surface area contributed by atoms with Crippen LogP contribution in [0.1, 0.15) is 0 Å². The molecule has 0 N–H and O–H groups in total. The largest absolute Gasteiger partial charge is 0.456 e. The lowest BCUT2D eigenvalue weighted by atomic mass is 9.92. The van der Waals surface area contributed by atoms with Gasteiger partial charge in [-0.25, -0.2) is 9.97 Å². The molecular formula is C51H31N3O2. The Morgan fingerprint density at radius 1 is 0.339 bits per heavy atom. The van der Waals surface area contributed by atoms with Gasteiger partial charge in [0.25, 0.3) is 0 Å². The molecule has 11 aromatic rings. The van der Waals surface area contributed by atoms with Gasteiger partial charge in [-0.15, -0.1) is 0 Å². The van der Waals surface area contributed by atoms with E-state index in [4.69, 9.17) is 18.8 Å². The zero-order chi connectivity index (χ0) is 37.0. The van der Waals surface area contributed by atoms with Gasteiger partial charge in [0.15, 0.2) is 5.82 Å². The molecule has 0 aliphatic rings. The summed E-state index contributed by atoms with van der Waals surface area (Å²) in [5.41, 5.74) is 14.4. The smallest absolute Gasteiger partial charge is 0.160 e. The average molecular weight is 718 g/mol. The van der Waals surface area contributed by atoms with Crippen molar-refractivity contribution in [1.82, 2.24) is 15.0 Å². The van der Waals surface area contributed by atoms with Gasteiger partial charge in [-0.05, 0) is 59.2 Å². The van der Waals surface area contributed by atoms with Gasteiger partial charge < -0.3 is 8.83 Å². The quantitative estimate of drug-likeness (QED) is 0.171. The monoisotopic (exact) mass is 717 g/mol. The predicted octanol–water partition coefficient (Wildman–Crippen LogP) is 13.7. The molecule has 7 aromatic carbocycles. The second kappa shape index (κ2) is 13.0. The minimum atomic E-state index is 0.679. The molecule has 0 spiro atoms. The van der Waals surface area contributed by atoms with Crippen molar-refractivity contribution in [3.05, 3.63) is 188 Å². The second-order valence-electron chi connectivity index (χ2n) is 13.9. The summed E-state index contributed by atoms with van der Waals surface area (Å²) in [6.45, 7) is 0. The molecule has 0 amide bonds. The third-order valence-electron chi connectivity index (χ3n) is 10.6. The summed E-state index contributed by atoms with van der Waals surface area (Å²) in [4.78, 5) is 14.7. The molecule has 0 saturated heterocycles. The lowest BCUT2D eigenvalue weighted by Gasteiger charge is -2.12. The van der Waals surface area contributed by atoms with Gasteiger partial charge in [0.2, 0.25) is 0 Å². The van der Waals surface area contributed by atoms with Gasteiger partial charge in [0.05, 0.1) is 17.1 Å². The van der Waals surface area contributed by atoms with E-state index in [0.29, 0.717) is 5.82 Å². The highest BCUT2D eigenvalue weighted by Gasteiger charge is 2.20. The molecule has 5 nitrogen and oxygen atoms in total. The van der Waals surface area contributed by atoms with E-state index in [-0.39, 0.29) is 0 Å². The van der Waals surface area contributed by atoms with Gasteiger partial charge in [0, 0.05) is 55.6 Å². The molecule has 56 heavy (non-hydrogen) atoms. The number of aromatic nitrogens is 3. The Morgan fingerprint density at radius 3 is 1.61 bits per heavy atom. The number of fused-ring (bicyclic) bond motifs is 6. The molecule has 11 rings (SSSR count). The van der Waals surface area contributed by atoms with E-state index < -0.39 is 0 Å². The third-order valence-corrected chi connectivity index (χ3v) is 10.6. The molecule has 0 atom stereocenters. The molecule has 0 aliphatic heterocycles. The standard InChI is InChI=1S/C51H31N3O2/c1-2-11-36(12-3-1)51-53-43(31-44(54-51)35-26-24-33(25-27-35)42-16-8-9-30-52-42)34-22-20-32(21-23-34)37-28-29-39(50-49(37)41-14-5-7-18-46(41)56-50)38-15-10-19-47-48(38)40-13-4-6-17-45(40)55-47/h1-31H. The van der Waals surface area contributed by atoms with Crippen molar-refractivity contribution in [2.75, 3.05) is 0 Å². The first kappa shape index (κ1) is 31.9. The first-order valence-corrected chi connectivity index (χ1v) is 18.7. The van der Waals surface area contributed by atoms with E-state index in [1.54, 1.807) is 0 Å². The number of hydrogen-bond acceptors (Lipinski definition) is 5. The zero-order valence-corrected chi connectivity index (χ0v) is 30.1. The zero-order valence-electron chi connectivity index (χ0n) is 30.1. The summed E-state index contributed by atoms with van der Waals surface area (Å²) in [5, 5.41) is 4.34. The fraction of sp³-hybridized carbons (Fsp3) is 0. The molecular weight excluding hydrogens is 687 g/mol. The highest BCUT2D eigenvalue weighted by molar-refractivity contribution is 6.20. The van der Waals surface area contributed by atoms with Gasteiger partial charge >= 0.3 is 0 Å². The van der Waals surface area contributed by atoms with E-state index in [2.05, 4.69) is 120 Å². The van der Waals surface area contributed by atoms with Crippen molar-refractivity contribution in [1.29, 1.82) is 0 Å². The lowest BCUT2D eigenvalue weighted by molar-refractivity contribution is 0.668. The Morgan fingerprint density at radius 2 is 0.911 bits per heavy atom. The summed E-state index contributed by atoms with van der Waals surface area (Å²) < 4.78 is 13.0. The molecule has 4 aromatic heterocycles. The highest BCUT2D eigenvalue weighted by Crippen LogP contribution is 2.45. The topological polar surface area (TPSA) is 65.0 Å². The molecule has 0 bridgehead atoms. The van der Waals surface area contributed by atoms with Crippen LogP contribution in [0, 0.1) is 0 Å². The number of benzene rings is 7. The van der Waals surface area contributed by atoms with E-state index in [1.165, 1.54) is 0 Å². The maximum Gasteiger partial charge on any atom is 0.160 e. The normalized spacial score (nSPS) is 11.6. The van der Waals surface area contributed by atoms with Crippen LogP contribution in [0.3, 0.4) is 0 Å². The second-order valence-corrected chi connectivity index (χ2v) is 13.9. The third kappa shape index (κ3) is 5.37. The number of para-hydroxylation sites is 2. The first-order valence-electron chi connectivity index (χ1n) is 18.7. The fourth-order valence-electron chi connectivity index (χ4n) is 7.91. The van der Waals surface area contributed by atoms with Crippen molar-refractivity contribution in [2.45, 2.75) is 0 Å². The summed E-state index contributed by atoms with van der Waals surface area (Å²) in [7, 11) is 0. The number of furan rings is 2. The average Bonchev–Trinajstić information content (AvgIpc) is 3.86. The Bertz CT molecular complexity index is 3220. The van der Waals surface area contributed by atoms with Crippen LogP contribution in [0.2, 0.25) is 0 Å². The molecule has 0 aliphatic carbocycles. The molecule has 5 heteroatoms. The Balaban J connectivity index is 1.03. The van der Waals surface area contributed by atoms with Crippen LogP contribution in [0.4, 0.5) is 0 Å². The fourth-order valence-corrected chi connectivity index (χ4v) is 7.91. The van der Waals surface area contributed by atoms with Crippen molar-refractivity contribution in [3.8, 4) is 67.4 Å². The van der Waals surface area contributed by atoms with Crippen LogP contribution in [-0.4, -0.2) is 15.0 Å². The summed E-state index contributed by atoms with van der Waals surface area (Å²) >= 11 is 0. The van der Waals surface area contributed by atoms with Crippen LogP contribution in [0.15, 0.2) is 197 Å². The Kier molecular flexibility index (Phi) is 7.42. The van der Waals surface area contributed by atoms with E-state index in [9.17, 15) is 0 Å². The van der Waals surface area contributed by atoms with Gasteiger partial charge in [-0.2, -0.15) is 0 Å². The van der Waals surface area contributed by atoms with Crippen molar-refractivity contribution < 1.29 is 8.83 Å². The van der Waals surface area contributed by atoms with Crippen LogP contribution in [0.25, 0.3) is 111 Å². The summed E-state index contributed by atoms with van der Waals surface area (Å²) in [6, 6.07) is 62.4. The summed E-state index contributed by atoms with van der Waals surface area (Å²) in [6.07, 6.45) is 1.82. The van der Waals surface area contributed by atoms with E-state index in [0.717, 1.165) is 105 Å². The predicted molar refractivity (Wildman–Crippen MR) is 227 cm³/mol. The molecule has 262 valence electrons. The van der Waals surface area contributed by atoms with Crippen molar-refractivity contribution in [2.24, 2.45) is 0 Å². The minimum Gasteiger partial charge on any atom is -0.456 e. The van der Waals surface area contributed by atoms with E-state index >= 15 is 0 Å². The Hall–Kier alpha value is -7.63. The number of rotatable bonds is 6. The first-order chi connectivity index (χ1) is 27.7. The SMILES string of the molecule is c1ccc(-c2nc(-c3ccc(-c4ccccn4)cc3)cc(-c3ccc(-c4ccc(-c5cccc6oc7ccccc7c56)c5oc6ccccc6c45)cc3)n2)cc1. The number of pyridine rings is 1. The molecule has 0 fully saturated rings. The molecule has 4 heterocycles. The summed E-state index contributed by atoms with van der Waals surface area (Å²) in [5.74, 6) is 0.679. The number of nitrogens with zero attached hydrogens (tertiary/aromatic N) is 3. The maximum atomic E-state index is 6.72. The van der Waals surface area contributed by atoms with Crippen molar-refractivity contribution in [3.63, 3.8) is 0 Å².